The van der Waals surface area contributed by atoms with Crippen LogP contribution in [0.4, 0.5) is 32.2 Å². The fourth-order valence-electron chi connectivity index (χ4n) is 7.39. The highest BCUT2D eigenvalue weighted by atomic mass is 19.4. The van der Waals surface area contributed by atoms with Gasteiger partial charge in [0.1, 0.15) is 17.9 Å². The minimum atomic E-state index is -4.78. The van der Waals surface area contributed by atoms with Gasteiger partial charge in [0.25, 0.3) is 6.08 Å². The molecule has 4 aromatic rings. The lowest BCUT2D eigenvalue weighted by Crippen LogP contribution is -2.50. The maximum Gasteiger partial charge on any atom is 0.417 e. The minimum Gasteiger partial charge on any atom is -0.461 e. The Morgan fingerprint density at radius 3 is 2.53 bits per heavy atom. The molecule has 3 saturated heterocycles. The molecule has 1 unspecified atom stereocenters. The fraction of sp³-hybridized carbons (Fsp3) is 0.485. The number of hydrogen-bond donors (Lipinski definition) is 2. The first-order valence-electron chi connectivity index (χ1n) is 16.0. The van der Waals surface area contributed by atoms with E-state index in [2.05, 4.69) is 30.4 Å². The van der Waals surface area contributed by atoms with Gasteiger partial charge in [0.15, 0.2) is 5.82 Å². The van der Waals surface area contributed by atoms with Crippen LogP contribution in [0.2, 0.25) is 0 Å². The van der Waals surface area contributed by atoms with Crippen LogP contribution in [0.15, 0.2) is 36.6 Å². The smallest absolute Gasteiger partial charge is 0.417 e. The Labute approximate surface area is 268 Å². The molecule has 0 aliphatic carbocycles. The SMILES string of the molecule is CC.Cc1cc2[nH]ncc2c(-c2ccc3c(N4CCNC(C=C(F)F)C4)nc(OCC45CCCN4CCC5)nc3c2F)c1C(F)(F)F. The van der Waals surface area contributed by atoms with E-state index in [1.807, 2.05) is 13.8 Å². The average Bonchev–Trinajstić information content (AvgIpc) is 3.76. The molecule has 3 aliphatic heterocycles. The minimum absolute atomic E-state index is 0.0851. The summed E-state index contributed by atoms with van der Waals surface area (Å²) in [5.41, 5.74) is -1.74. The Hall–Kier alpha value is -3.91. The van der Waals surface area contributed by atoms with Crippen LogP contribution in [0.25, 0.3) is 32.9 Å². The monoisotopic (exact) mass is 661 g/mol. The third kappa shape index (κ3) is 6.13. The van der Waals surface area contributed by atoms with Gasteiger partial charge in [0.05, 0.1) is 22.8 Å². The number of piperazine rings is 1. The Balaban J connectivity index is 0.00000190. The molecule has 0 bridgehead atoms. The summed E-state index contributed by atoms with van der Waals surface area (Å²) in [4.78, 5) is 13.2. The summed E-state index contributed by atoms with van der Waals surface area (Å²) in [5.74, 6) is -0.705. The molecule has 252 valence electrons. The molecular formula is C33H37F6N7O. The lowest BCUT2D eigenvalue weighted by atomic mass is 9.91. The van der Waals surface area contributed by atoms with Gasteiger partial charge in [-0.1, -0.05) is 19.9 Å². The van der Waals surface area contributed by atoms with E-state index >= 15 is 4.39 Å². The number of alkyl halides is 3. The molecule has 0 spiro atoms. The summed E-state index contributed by atoms with van der Waals surface area (Å²) in [7, 11) is 0. The van der Waals surface area contributed by atoms with Crippen LogP contribution in [0, 0.1) is 12.7 Å². The molecule has 1 atom stereocenters. The van der Waals surface area contributed by atoms with Crippen molar-refractivity contribution in [2.75, 3.05) is 44.2 Å². The van der Waals surface area contributed by atoms with Gasteiger partial charge in [-0.3, -0.25) is 10.00 Å². The summed E-state index contributed by atoms with van der Waals surface area (Å²) in [6.07, 6.45) is -0.592. The van der Waals surface area contributed by atoms with E-state index < -0.39 is 29.7 Å². The number of hydrogen-bond acceptors (Lipinski definition) is 7. The van der Waals surface area contributed by atoms with Gasteiger partial charge in [-0.05, 0) is 69.5 Å². The van der Waals surface area contributed by atoms with Crippen molar-refractivity contribution >= 4 is 27.6 Å². The van der Waals surface area contributed by atoms with Gasteiger partial charge >= 0.3 is 12.2 Å². The normalized spacial score (nSPS) is 19.5. The quantitative estimate of drug-likeness (QED) is 0.211. The zero-order valence-electron chi connectivity index (χ0n) is 26.4. The lowest BCUT2D eigenvalue weighted by molar-refractivity contribution is -0.137. The number of fused-ring (bicyclic) bond motifs is 3. The predicted octanol–water partition coefficient (Wildman–Crippen LogP) is 7.23. The Morgan fingerprint density at radius 2 is 1.83 bits per heavy atom. The van der Waals surface area contributed by atoms with Gasteiger partial charge in [0.2, 0.25) is 0 Å². The van der Waals surface area contributed by atoms with Crippen LogP contribution in [-0.4, -0.2) is 76.0 Å². The van der Waals surface area contributed by atoms with E-state index in [0.717, 1.165) is 44.8 Å². The molecule has 3 fully saturated rings. The number of halogens is 6. The predicted molar refractivity (Wildman–Crippen MR) is 168 cm³/mol. The van der Waals surface area contributed by atoms with Crippen molar-refractivity contribution in [2.24, 2.45) is 0 Å². The number of aromatic amines is 1. The zero-order valence-corrected chi connectivity index (χ0v) is 26.4. The van der Waals surface area contributed by atoms with E-state index in [1.165, 1.54) is 31.3 Å². The van der Waals surface area contributed by atoms with Crippen LogP contribution >= 0.6 is 0 Å². The highest BCUT2D eigenvalue weighted by Gasteiger charge is 2.45. The molecule has 2 N–H and O–H groups in total. The molecule has 47 heavy (non-hydrogen) atoms. The second kappa shape index (κ2) is 12.9. The van der Waals surface area contributed by atoms with E-state index in [0.29, 0.717) is 18.6 Å². The van der Waals surface area contributed by atoms with Gasteiger partial charge in [-0.2, -0.15) is 37.0 Å². The molecule has 14 heteroatoms. The molecule has 0 amide bonds. The van der Waals surface area contributed by atoms with Crippen molar-refractivity contribution in [3.63, 3.8) is 0 Å². The fourth-order valence-corrected chi connectivity index (χ4v) is 7.39. The van der Waals surface area contributed by atoms with E-state index in [9.17, 15) is 22.0 Å². The first-order valence-corrected chi connectivity index (χ1v) is 16.0. The zero-order chi connectivity index (χ0) is 33.5. The standard InChI is InChI=1S/C31H31F6N7O.C2H6/c1-17-12-22-21(14-39-42-22)24(25(17)31(35,36)37)19-4-5-20-27(26(19)34)40-29(45-16-30-6-2-9-44(30)10-3-7-30)41-28(20)43-11-8-38-18(15-43)13-23(32)33;1-2/h4-5,12-14,18,38H,2-3,6-11,15-16H2,1H3,(H,39,42);1-2H3. The largest absolute Gasteiger partial charge is 0.461 e. The molecule has 3 aliphatic rings. The van der Waals surface area contributed by atoms with Crippen LogP contribution in [0.1, 0.15) is 50.7 Å². The second-order valence-electron chi connectivity index (χ2n) is 12.1. The maximum atomic E-state index is 16.7. The van der Waals surface area contributed by atoms with E-state index in [4.69, 9.17) is 4.74 Å². The van der Waals surface area contributed by atoms with Crippen molar-refractivity contribution in [1.82, 2.24) is 30.4 Å². The number of anilines is 1. The van der Waals surface area contributed by atoms with Crippen molar-refractivity contribution in [2.45, 2.75) is 64.2 Å². The average molecular weight is 662 g/mol. The van der Waals surface area contributed by atoms with Gasteiger partial charge in [-0.15, -0.1) is 0 Å². The van der Waals surface area contributed by atoms with Gasteiger partial charge in [0, 0.05) is 47.6 Å². The Kier molecular flexibility index (Phi) is 9.09. The first-order chi connectivity index (χ1) is 22.5. The van der Waals surface area contributed by atoms with Crippen LogP contribution in [-0.2, 0) is 6.18 Å². The number of H-pyrrole nitrogens is 1. The maximum absolute atomic E-state index is 16.7. The first kappa shape index (κ1) is 33.0. The lowest BCUT2D eigenvalue weighted by Gasteiger charge is -2.34. The Morgan fingerprint density at radius 1 is 1.09 bits per heavy atom. The molecule has 0 saturated carbocycles. The van der Waals surface area contributed by atoms with Crippen molar-refractivity contribution in [1.29, 1.82) is 0 Å². The molecule has 2 aromatic carbocycles. The van der Waals surface area contributed by atoms with E-state index in [1.54, 1.807) is 4.90 Å². The summed E-state index contributed by atoms with van der Waals surface area (Å²) in [6.45, 7) is 8.36. The number of aromatic nitrogens is 4. The number of ether oxygens (including phenoxy) is 1. The number of benzene rings is 2. The van der Waals surface area contributed by atoms with Crippen molar-refractivity contribution in [3.05, 3.63) is 53.5 Å². The summed E-state index contributed by atoms with van der Waals surface area (Å²) >= 11 is 0. The second-order valence-corrected chi connectivity index (χ2v) is 12.1. The molecule has 7 rings (SSSR count). The molecule has 2 aromatic heterocycles. The topological polar surface area (TPSA) is 82.2 Å². The van der Waals surface area contributed by atoms with E-state index in [-0.39, 0.29) is 63.5 Å². The van der Waals surface area contributed by atoms with Gasteiger partial charge in [-0.25, -0.2) is 4.39 Å². The number of aryl methyl sites for hydroxylation is 1. The van der Waals surface area contributed by atoms with Crippen molar-refractivity contribution < 1.29 is 31.1 Å². The van der Waals surface area contributed by atoms with Crippen LogP contribution in [0.5, 0.6) is 6.01 Å². The third-order valence-corrected chi connectivity index (χ3v) is 9.38. The molecular weight excluding hydrogens is 624 g/mol. The highest BCUT2D eigenvalue weighted by molar-refractivity contribution is 6.01. The summed E-state index contributed by atoms with van der Waals surface area (Å²) in [6, 6.07) is 3.30. The number of rotatable bonds is 6. The molecule has 0 radical (unpaired) electrons. The van der Waals surface area contributed by atoms with Crippen LogP contribution < -0.4 is 15.0 Å². The van der Waals surface area contributed by atoms with Crippen molar-refractivity contribution in [3.8, 4) is 17.1 Å². The third-order valence-electron chi connectivity index (χ3n) is 9.38. The Bertz CT molecular complexity index is 1790. The van der Waals surface area contributed by atoms with Crippen LogP contribution in [0.3, 0.4) is 0 Å². The molecule has 8 nitrogen and oxygen atoms in total. The van der Waals surface area contributed by atoms with Gasteiger partial charge < -0.3 is 15.0 Å². The summed E-state index contributed by atoms with van der Waals surface area (Å²) in [5, 5.41) is 9.96. The number of nitrogens with zero attached hydrogens (tertiary/aromatic N) is 5. The molecule has 5 heterocycles. The number of nitrogens with one attached hydrogen (secondary N) is 2. The highest BCUT2D eigenvalue weighted by Crippen LogP contribution is 2.45. The summed E-state index contributed by atoms with van der Waals surface area (Å²) < 4.78 is 92.5.